The number of hydrogen-bond acceptors (Lipinski definition) is 0. The van der Waals surface area contributed by atoms with E-state index in [1.807, 2.05) is 0 Å². The molecule has 0 unspecified atom stereocenters. The van der Waals surface area contributed by atoms with Gasteiger partial charge in [-0.15, -0.1) is 0 Å². The Hall–Kier alpha value is -1.57. The number of rotatable bonds is 5. The van der Waals surface area contributed by atoms with E-state index in [9.17, 15) is 0 Å². The number of nitrogens with zero attached hydrogens (tertiary/aromatic N) is 2. The Kier molecular flexibility index (Phi) is 3.97. The molecule has 0 amide bonds. The SMILES string of the molecule is CCCCc1n(Cc2ccccc2)cc[n+]1C. The first kappa shape index (κ1) is 11.9. The van der Waals surface area contributed by atoms with E-state index >= 15 is 0 Å². The monoisotopic (exact) mass is 229 g/mol. The van der Waals surface area contributed by atoms with Crippen LogP contribution in [-0.2, 0) is 20.0 Å². The zero-order valence-electron chi connectivity index (χ0n) is 10.8. The number of benzene rings is 1. The molecule has 0 atom stereocenters. The van der Waals surface area contributed by atoms with Crippen LogP contribution in [0.15, 0.2) is 42.7 Å². The molecular formula is C15H21N2+. The molecule has 2 rings (SSSR count). The van der Waals surface area contributed by atoms with Crippen LogP contribution in [0.5, 0.6) is 0 Å². The van der Waals surface area contributed by atoms with Crippen LogP contribution in [0.1, 0.15) is 31.2 Å². The third-order valence-electron chi connectivity index (χ3n) is 3.16. The molecule has 17 heavy (non-hydrogen) atoms. The summed E-state index contributed by atoms with van der Waals surface area (Å²) >= 11 is 0. The van der Waals surface area contributed by atoms with Crippen molar-refractivity contribution >= 4 is 0 Å². The van der Waals surface area contributed by atoms with Crippen LogP contribution in [0.2, 0.25) is 0 Å². The van der Waals surface area contributed by atoms with Gasteiger partial charge in [0.25, 0.3) is 5.82 Å². The number of unbranched alkanes of at least 4 members (excludes halogenated alkanes) is 1. The molecule has 0 fully saturated rings. The fourth-order valence-corrected chi connectivity index (χ4v) is 2.13. The smallest absolute Gasteiger partial charge is 0.237 e. The van der Waals surface area contributed by atoms with Gasteiger partial charge in [0.05, 0.1) is 7.05 Å². The second kappa shape index (κ2) is 5.67. The van der Waals surface area contributed by atoms with Gasteiger partial charge in [-0.1, -0.05) is 43.7 Å². The average Bonchev–Trinajstić information content (AvgIpc) is 2.69. The molecule has 1 aromatic carbocycles. The van der Waals surface area contributed by atoms with Gasteiger partial charge in [-0.05, 0) is 12.0 Å². The lowest BCUT2D eigenvalue weighted by Crippen LogP contribution is -2.32. The molecule has 0 spiro atoms. The summed E-state index contributed by atoms with van der Waals surface area (Å²) in [5, 5.41) is 0. The molecule has 2 aromatic rings. The van der Waals surface area contributed by atoms with Crippen molar-refractivity contribution in [2.45, 2.75) is 32.7 Å². The van der Waals surface area contributed by atoms with E-state index in [1.165, 1.54) is 24.2 Å². The number of imidazole rings is 1. The second-order valence-electron chi connectivity index (χ2n) is 4.54. The lowest BCUT2D eigenvalue weighted by molar-refractivity contribution is -0.678. The summed E-state index contributed by atoms with van der Waals surface area (Å²) in [6.45, 7) is 3.21. The summed E-state index contributed by atoms with van der Waals surface area (Å²) < 4.78 is 4.59. The van der Waals surface area contributed by atoms with E-state index in [1.54, 1.807) is 0 Å². The van der Waals surface area contributed by atoms with Crippen molar-refractivity contribution in [3.05, 3.63) is 54.1 Å². The molecule has 1 heterocycles. The number of aryl methyl sites for hydroxylation is 1. The largest absolute Gasteiger partial charge is 0.256 e. The summed E-state index contributed by atoms with van der Waals surface area (Å²) in [5.74, 6) is 1.41. The van der Waals surface area contributed by atoms with E-state index in [-0.39, 0.29) is 0 Å². The van der Waals surface area contributed by atoms with Crippen molar-refractivity contribution in [2.24, 2.45) is 7.05 Å². The molecule has 0 N–H and O–H groups in total. The summed E-state index contributed by atoms with van der Waals surface area (Å²) in [5.41, 5.74) is 1.36. The Balaban J connectivity index is 2.15. The van der Waals surface area contributed by atoms with Gasteiger partial charge in [0.1, 0.15) is 18.9 Å². The predicted octanol–water partition coefficient (Wildman–Crippen LogP) is 2.70. The zero-order valence-corrected chi connectivity index (χ0v) is 10.8. The van der Waals surface area contributed by atoms with Crippen molar-refractivity contribution in [1.29, 1.82) is 0 Å². The quantitative estimate of drug-likeness (QED) is 0.697. The van der Waals surface area contributed by atoms with Crippen LogP contribution in [-0.4, -0.2) is 4.57 Å². The van der Waals surface area contributed by atoms with Crippen LogP contribution in [0, 0.1) is 0 Å². The number of aromatic nitrogens is 2. The van der Waals surface area contributed by atoms with E-state index in [0.29, 0.717) is 0 Å². The standard InChI is InChI=1S/C15H21N2/c1-3-4-10-15-16(2)11-12-17(15)13-14-8-6-5-7-9-14/h5-9,11-12H,3-4,10,13H2,1-2H3/q+1. The summed E-state index contributed by atoms with van der Waals surface area (Å²) in [6.07, 6.45) is 7.99. The molecule has 0 radical (unpaired) electrons. The predicted molar refractivity (Wildman–Crippen MR) is 69.8 cm³/mol. The molecule has 0 aliphatic carbocycles. The van der Waals surface area contributed by atoms with Crippen LogP contribution in [0.4, 0.5) is 0 Å². The maximum Gasteiger partial charge on any atom is 0.256 e. The van der Waals surface area contributed by atoms with Crippen LogP contribution in [0.3, 0.4) is 0 Å². The highest BCUT2D eigenvalue weighted by molar-refractivity contribution is 5.15. The second-order valence-corrected chi connectivity index (χ2v) is 4.54. The van der Waals surface area contributed by atoms with Gasteiger partial charge in [0, 0.05) is 6.42 Å². The highest BCUT2D eigenvalue weighted by Crippen LogP contribution is 2.06. The molecule has 0 bridgehead atoms. The van der Waals surface area contributed by atoms with E-state index in [4.69, 9.17) is 0 Å². The lowest BCUT2D eigenvalue weighted by atomic mass is 10.2. The molecule has 2 heteroatoms. The summed E-state index contributed by atoms with van der Waals surface area (Å²) in [4.78, 5) is 0. The Morgan fingerprint density at radius 2 is 1.94 bits per heavy atom. The first-order chi connectivity index (χ1) is 8.31. The van der Waals surface area contributed by atoms with E-state index < -0.39 is 0 Å². The summed E-state index contributed by atoms with van der Waals surface area (Å²) in [7, 11) is 2.13. The maximum absolute atomic E-state index is 2.35. The van der Waals surface area contributed by atoms with Crippen molar-refractivity contribution in [1.82, 2.24) is 4.57 Å². The van der Waals surface area contributed by atoms with Gasteiger partial charge < -0.3 is 0 Å². The van der Waals surface area contributed by atoms with Gasteiger partial charge in [-0.25, -0.2) is 9.13 Å². The Morgan fingerprint density at radius 1 is 1.18 bits per heavy atom. The molecule has 1 aromatic heterocycles. The van der Waals surface area contributed by atoms with E-state index in [0.717, 1.165) is 13.0 Å². The lowest BCUT2D eigenvalue weighted by Gasteiger charge is -2.02. The van der Waals surface area contributed by atoms with Crippen LogP contribution < -0.4 is 4.57 Å². The molecule has 2 nitrogen and oxygen atoms in total. The maximum atomic E-state index is 2.35. The Morgan fingerprint density at radius 3 is 2.65 bits per heavy atom. The van der Waals surface area contributed by atoms with Crippen LogP contribution >= 0.6 is 0 Å². The first-order valence-electron chi connectivity index (χ1n) is 6.39. The van der Waals surface area contributed by atoms with Crippen molar-refractivity contribution in [2.75, 3.05) is 0 Å². The minimum Gasteiger partial charge on any atom is -0.237 e. The van der Waals surface area contributed by atoms with Gasteiger partial charge in [0.15, 0.2) is 0 Å². The summed E-state index contributed by atoms with van der Waals surface area (Å²) in [6, 6.07) is 10.6. The van der Waals surface area contributed by atoms with Gasteiger partial charge in [0.2, 0.25) is 0 Å². The Labute approximate surface area is 104 Å². The zero-order chi connectivity index (χ0) is 12.1. The van der Waals surface area contributed by atoms with Crippen molar-refractivity contribution in [3.63, 3.8) is 0 Å². The topological polar surface area (TPSA) is 8.81 Å². The first-order valence-corrected chi connectivity index (χ1v) is 6.39. The van der Waals surface area contributed by atoms with Crippen molar-refractivity contribution < 1.29 is 4.57 Å². The van der Waals surface area contributed by atoms with E-state index in [2.05, 4.69) is 65.8 Å². The number of hydrogen-bond donors (Lipinski definition) is 0. The molecule has 0 aliphatic rings. The highest BCUT2D eigenvalue weighted by Gasteiger charge is 2.13. The Bertz CT molecular complexity index is 457. The fraction of sp³-hybridized carbons (Fsp3) is 0.400. The minimum atomic E-state index is 0.973. The minimum absolute atomic E-state index is 0.973. The normalized spacial score (nSPS) is 10.7. The van der Waals surface area contributed by atoms with Crippen LogP contribution in [0.25, 0.3) is 0 Å². The third kappa shape index (κ3) is 2.96. The molecule has 90 valence electrons. The average molecular weight is 229 g/mol. The molecule has 0 saturated heterocycles. The van der Waals surface area contributed by atoms with Crippen molar-refractivity contribution in [3.8, 4) is 0 Å². The molecule has 0 aliphatic heterocycles. The molecular weight excluding hydrogens is 208 g/mol. The molecule has 0 saturated carbocycles. The van der Waals surface area contributed by atoms with Gasteiger partial charge in [-0.2, -0.15) is 0 Å². The van der Waals surface area contributed by atoms with Gasteiger partial charge >= 0.3 is 0 Å². The fourth-order valence-electron chi connectivity index (χ4n) is 2.13. The third-order valence-corrected chi connectivity index (χ3v) is 3.16. The van der Waals surface area contributed by atoms with Gasteiger partial charge in [-0.3, -0.25) is 0 Å². The highest BCUT2D eigenvalue weighted by atomic mass is 15.1.